The predicted molar refractivity (Wildman–Crippen MR) is 134 cm³/mol. The zero-order valence-corrected chi connectivity index (χ0v) is 19.9. The summed E-state index contributed by atoms with van der Waals surface area (Å²) in [6.45, 7) is 1.52. The monoisotopic (exact) mass is 488 g/mol. The van der Waals surface area contributed by atoms with E-state index in [1.807, 2.05) is 36.4 Å². The van der Waals surface area contributed by atoms with Crippen molar-refractivity contribution in [2.24, 2.45) is 0 Å². The van der Waals surface area contributed by atoms with Crippen LogP contribution >= 0.6 is 11.8 Å². The summed E-state index contributed by atoms with van der Waals surface area (Å²) in [5.74, 6) is 0.247. The number of H-pyrrole nitrogens is 1. The lowest BCUT2D eigenvalue weighted by Crippen LogP contribution is -2.43. The van der Waals surface area contributed by atoms with Gasteiger partial charge in [0.05, 0.1) is 11.0 Å². The average molecular weight is 489 g/mol. The number of fused-ring (bicyclic) bond motifs is 1. The fourth-order valence-corrected chi connectivity index (χ4v) is 4.07. The molecule has 3 aromatic carbocycles. The number of aromatic amines is 1. The van der Waals surface area contributed by atoms with E-state index in [2.05, 4.69) is 20.8 Å². The number of carbonyl (C=O) groups is 3. The number of carbonyl (C=O) groups excluding carboxylic acids is 3. The molecule has 4 aromatic rings. The molecule has 0 fully saturated rings. The van der Waals surface area contributed by atoms with Crippen LogP contribution in [0.3, 0.4) is 0 Å². The van der Waals surface area contributed by atoms with Crippen LogP contribution in [0.4, 0.5) is 0 Å². The average Bonchev–Trinajstić information content (AvgIpc) is 3.32. The standard InChI is InChI=1S/C26H24N4O4S/c1-2-23(31)18-11-13-20(14-12-18)34-15-24(32)29-30-25(33)19-9-7-17(8-10-19)16-35-26-27-21-5-3-4-6-22(21)28-26/h3-14H,2,15-16H2,1H3,(H,27,28)(H,29,32)(H,30,33). The third-order valence-corrected chi connectivity index (χ3v) is 6.09. The zero-order valence-electron chi connectivity index (χ0n) is 19.0. The van der Waals surface area contributed by atoms with Crippen molar-refractivity contribution in [1.82, 2.24) is 20.8 Å². The van der Waals surface area contributed by atoms with E-state index in [4.69, 9.17) is 4.74 Å². The number of ether oxygens (including phenoxy) is 1. The molecule has 2 amide bonds. The van der Waals surface area contributed by atoms with E-state index >= 15 is 0 Å². The van der Waals surface area contributed by atoms with Gasteiger partial charge < -0.3 is 9.72 Å². The van der Waals surface area contributed by atoms with Gasteiger partial charge in [0.25, 0.3) is 11.8 Å². The molecule has 0 radical (unpaired) electrons. The van der Waals surface area contributed by atoms with E-state index in [9.17, 15) is 14.4 Å². The highest BCUT2D eigenvalue weighted by Gasteiger charge is 2.10. The first-order chi connectivity index (χ1) is 17.0. The number of hydrogen-bond acceptors (Lipinski definition) is 6. The molecule has 0 saturated heterocycles. The Labute approximate surface area is 206 Å². The quantitative estimate of drug-likeness (QED) is 0.184. The van der Waals surface area contributed by atoms with Crippen molar-refractivity contribution in [2.75, 3.05) is 6.61 Å². The first kappa shape index (κ1) is 24.0. The van der Waals surface area contributed by atoms with Gasteiger partial charge in [0, 0.05) is 23.3 Å². The molecule has 35 heavy (non-hydrogen) atoms. The third-order valence-electron chi connectivity index (χ3n) is 5.14. The van der Waals surface area contributed by atoms with Crippen LogP contribution in [0.1, 0.15) is 39.6 Å². The normalized spacial score (nSPS) is 10.7. The van der Waals surface area contributed by atoms with Gasteiger partial charge in [-0.25, -0.2) is 4.98 Å². The fourth-order valence-electron chi connectivity index (χ4n) is 3.23. The van der Waals surface area contributed by atoms with Gasteiger partial charge in [-0.1, -0.05) is 43.0 Å². The molecule has 3 N–H and O–H groups in total. The molecule has 0 saturated carbocycles. The SMILES string of the molecule is CCC(=O)c1ccc(OCC(=O)NNC(=O)c2ccc(CSc3nc4ccccc4[nH]3)cc2)cc1. The van der Waals surface area contributed by atoms with Crippen LogP contribution in [0.15, 0.2) is 78.0 Å². The van der Waals surface area contributed by atoms with Gasteiger partial charge in [0.15, 0.2) is 17.5 Å². The summed E-state index contributed by atoms with van der Waals surface area (Å²) in [5.41, 5.74) is 8.68. The second-order valence-corrected chi connectivity index (χ2v) is 8.60. The first-order valence-electron chi connectivity index (χ1n) is 11.0. The molecule has 1 aromatic heterocycles. The summed E-state index contributed by atoms with van der Waals surface area (Å²) in [6, 6.07) is 21.5. The number of benzene rings is 3. The molecule has 8 nitrogen and oxygen atoms in total. The smallest absolute Gasteiger partial charge is 0.276 e. The molecule has 0 bridgehead atoms. The lowest BCUT2D eigenvalue weighted by Gasteiger charge is -2.09. The van der Waals surface area contributed by atoms with Crippen LogP contribution in [0.25, 0.3) is 11.0 Å². The maximum atomic E-state index is 12.3. The van der Waals surface area contributed by atoms with Crippen LogP contribution < -0.4 is 15.6 Å². The maximum Gasteiger partial charge on any atom is 0.276 e. The number of aromatic nitrogens is 2. The van der Waals surface area contributed by atoms with Crippen molar-refractivity contribution >= 4 is 40.4 Å². The number of nitrogens with one attached hydrogen (secondary N) is 3. The van der Waals surface area contributed by atoms with Gasteiger partial charge >= 0.3 is 0 Å². The molecule has 0 spiro atoms. The molecule has 0 unspecified atom stereocenters. The maximum absolute atomic E-state index is 12.3. The number of hydrazine groups is 1. The molecular weight excluding hydrogens is 464 g/mol. The molecule has 178 valence electrons. The number of thioether (sulfide) groups is 1. The van der Waals surface area contributed by atoms with E-state index in [0.29, 0.717) is 29.1 Å². The number of para-hydroxylation sites is 2. The molecule has 9 heteroatoms. The Bertz CT molecular complexity index is 1300. The first-order valence-corrected chi connectivity index (χ1v) is 12.0. The Morgan fingerprint density at radius 3 is 2.34 bits per heavy atom. The number of imidazole rings is 1. The van der Waals surface area contributed by atoms with Gasteiger partial charge in [0.2, 0.25) is 0 Å². The number of hydrogen-bond donors (Lipinski definition) is 3. The van der Waals surface area contributed by atoms with E-state index in [0.717, 1.165) is 21.8 Å². The lowest BCUT2D eigenvalue weighted by atomic mass is 10.1. The summed E-state index contributed by atoms with van der Waals surface area (Å²) in [6.07, 6.45) is 0.423. The van der Waals surface area contributed by atoms with Crippen LogP contribution in [0.5, 0.6) is 5.75 Å². The van der Waals surface area contributed by atoms with Crippen LogP contribution in [-0.4, -0.2) is 34.2 Å². The minimum Gasteiger partial charge on any atom is -0.484 e. The zero-order chi connectivity index (χ0) is 24.6. The Kier molecular flexibility index (Phi) is 7.79. The number of rotatable bonds is 9. The fraction of sp³-hybridized carbons (Fsp3) is 0.154. The molecular formula is C26H24N4O4S. The number of amides is 2. The molecule has 4 rings (SSSR count). The van der Waals surface area contributed by atoms with Crippen molar-refractivity contribution in [1.29, 1.82) is 0 Å². The molecule has 0 aliphatic rings. The van der Waals surface area contributed by atoms with Crippen molar-refractivity contribution < 1.29 is 19.1 Å². The van der Waals surface area contributed by atoms with Gasteiger partial charge in [-0.3, -0.25) is 25.2 Å². The van der Waals surface area contributed by atoms with Crippen molar-refractivity contribution in [3.05, 3.63) is 89.5 Å². The summed E-state index contributed by atoms with van der Waals surface area (Å²) in [5, 5.41) is 0.836. The number of nitrogens with zero attached hydrogens (tertiary/aromatic N) is 1. The van der Waals surface area contributed by atoms with E-state index in [1.165, 1.54) is 0 Å². The predicted octanol–water partition coefficient (Wildman–Crippen LogP) is 4.29. The second kappa shape index (κ2) is 11.3. The molecule has 0 atom stereocenters. The Balaban J connectivity index is 1.20. The van der Waals surface area contributed by atoms with Crippen molar-refractivity contribution in [3.63, 3.8) is 0 Å². The summed E-state index contributed by atoms with van der Waals surface area (Å²) >= 11 is 1.58. The Morgan fingerprint density at radius 1 is 0.914 bits per heavy atom. The largest absolute Gasteiger partial charge is 0.484 e. The number of Topliss-reactive ketones (excluding diaryl/α,β-unsaturated/α-hetero) is 1. The Morgan fingerprint density at radius 2 is 1.63 bits per heavy atom. The molecule has 1 heterocycles. The topological polar surface area (TPSA) is 113 Å². The minimum absolute atomic E-state index is 0.0370. The summed E-state index contributed by atoms with van der Waals surface area (Å²) in [4.78, 5) is 43.8. The van der Waals surface area contributed by atoms with Gasteiger partial charge in [0.1, 0.15) is 5.75 Å². The summed E-state index contributed by atoms with van der Waals surface area (Å²) in [7, 11) is 0. The lowest BCUT2D eigenvalue weighted by molar-refractivity contribution is -0.123. The van der Waals surface area contributed by atoms with E-state index in [1.54, 1.807) is 55.1 Å². The van der Waals surface area contributed by atoms with Crippen LogP contribution in [0.2, 0.25) is 0 Å². The van der Waals surface area contributed by atoms with Gasteiger partial charge in [-0.2, -0.15) is 0 Å². The van der Waals surface area contributed by atoms with E-state index < -0.39 is 11.8 Å². The van der Waals surface area contributed by atoms with E-state index in [-0.39, 0.29) is 12.4 Å². The third kappa shape index (κ3) is 6.48. The van der Waals surface area contributed by atoms with Gasteiger partial charge in [-0.15, -0.1) is 0 Å². The highest BCUT2D eigenvalue weighted by molar-refractivity contribution is 7.98. The Hall–Kier alpha value is -4.11. The second-order valence-electron chi connectivity index (χ2n) is 7.64. The van der Waals surface area contributed by atoms with Crippen molar-refractivity contribution in [3.8, 4) is 5.75 Å². The minimum atomic E-state index is -0.508. The highest BCUT2D eigenvalue weighted by Crippen LogP contribution is 2.23. The van der Waals surface area contributed by atoms with Gasteiger partial charge in [-0.05, 0) is 54.1 Å². The molecule has 0 aliphatic carbocycles. The molecule has 0 aliphatic heterocycles. The van der Waals surface area contributed by atoms with Crippen LogP contribution in [-0.2, 0) is 10.5 Å². The highest BCUT2D eigenvalue weighted by atomic mass is 32.2. The number of ketones is 1. The van der Waals surface area contributed by atoms with Crippen LogP contribution in [0, 0.1) is 0 Å². The van der Waals surface area contributed by atoms with Crippen molar-refractivity contribution in [2.45, 2.75) is 24.3 Å². The summed E-state index contributed by atoms with van der Waals surface area (Å²) < 4.78 is 5.39.